The molecule has 2 heterocycles. The number of hydrogen-bond donors (Lipinski definition) is 0. The van der Waals surface area contributed by atoms with E-state index in [0.29, 0.717) is 9.23 Å². The fourth-order valence-electron chi connectivity index (χ4n) is 3.29. The number of amides is 1. The van der Waals surface area contributed by atoms with E-state index in [1.807, 2.05) is 49.5 Å². The predicted octanol–water partition coefficient (Wildman–Crippen LogP) is 4.90. The van der Waals surface area contributed by atoms with Crippen LogP contribution in [0, 0.1) is 6.92 Å². The molecule has 1 amide bonds. The molecular weight excluding hydrogens is 376 g/mol. The summed E-state index contributed by atoms with van der Waals surface area (Å²) in [6.07, 6.45) is 1.96. The van der Waals surface area contributed by atoms with E-state index in [2.05, 4.69) is 23.6 Å². The Kier molecular flexibility index (Phi) is 4.53. The Hall–Kier alpha value is -2.57. The van der Waals surface area contributed by atoms with Crippen LogP contribution in [0.4, 0.5) is 5.69 Å². The first-order chi connectivity index (χ1) is 13.0. The number of thioether (sulfide) groups is 1. The molecule has 27 heavy (non-hydrogen) atoms. The number of benzene rings is 2. The summed E-state index contributed by atoms with van der Waals surface area (Å²) in [5, 5.41) is 1.13. The van der Waals surface area contributed by atoms with E-state index >= 15 is 0 Å². The van der Waals surface area contributed by atoms with Gasteiger partial charge in [0.1, 0.15) is 5.75 Å². The van der Waals surface area contributed by atoms with Crippen LogP contribution in [-0.4, -0.2) is 21.9 Å². The van der Waals surface area contributed by atoms with Crippen LogP contribution in [0.3, 0.4) is 0 Å². The summed E-state index contributed by atoms with van der Waals surface area (Å²) < 4.78 is 7.87. The van der Waals surface area contributed by atoms with Crippen molar-refractivity contribution >= 4 is 56.9 Å². The quantitative estimate of drug-likeness (QED) is 0.467. The lowest BCUT2D eigenvalue weighted by atomic mass is 10.1. The summed E-state index contributed by atoms with van der Waals surface area (Å²) in [5.41, 5.74) is 4.07. The number of ether oxygens (including phenoxy) is 1. The molecule has 0 spiro atoms. The van der Waals surface area contributed by atoms with Gasteiger partial charge < -0.3 is 9.30 Å². The van der Waals surface area contributed by atoms with Crippen LogP contribution in [0.1, 0.15) is 11.3 Å². The van der Waals surface area contributed by atoms with E-state index in [1.165, 1.54) is 11.8 Å². The van der Waals surface area contributed by atoms with Crippen molar-refractivity contribution in [1.82, 2.24) is 4.57 Å². The van der Waals surface area contributed by atoms with E-state index < -0.39 is 0 Å². The lowest BCUT2D eigenvalue weighted by molar-refractivity contribution is -0.113. The molecular formula is C21H18N2O2S2. The van der Waals surface area contributed by atoms with Crippen molar-refractivity contribution in [3.8, 4) is 5.75 Å². The van der Waals surface area contributed by atoms with Crippen LogP contribution in [0.15, 0.2) is 53.4 Å². The fourth-order valence-corrected chi connectivity index (χ4v) is 4.57. The van der Waals surface area contributed by atoms with Crippen molar-refractivity contribution in [2.75, 3.05) is 12.0 Å². The minimum Gasteiger partial charge on any atom is -0.497 e. The smallest absolute Gasteiger partial charge is 0.270 e. The molecule has 1 saturated heterocycles. The number of carbonyl (C=O) groups excluding carboxylic acids is 1. The summed E-state index contributed by atoms with van der Waals surface area (Å²) in [6, 6.07) is 15.5. The van der Waals surface area contributed by atoms with Gasteiger partial charge in [-0.2, -0.15) is 0 Å². The third-order valence-electron chi connectivity index (χ3n) is 4.85. The number of hydrogen-bond acceptors (Lipinski definition) is 4. The predicted molar refractivity (Wildman–Crippen MR) is 116 cm³/mol. The van der Waals surface area contributed by atoms with Crippen LogP contribution in [0.5, 0.6) is 5.75 Å². The molecule has 1 fully saturated rings. The van der Waals surface area contributed by atoms with Gasteiger partial charge in [-0.1, -0.05) is 42.2 Å². The summed E-state index contributed by atoms with van der Waals surface area (Å²) in [7, 11) is 3.65. The van der Waals surface area contributed by atoms with Gasteiger partial charge in [0.15, 0.2) is 4.32 Å². The normalized spacial score (nSPS) is 16.0. The van der Waals surface area contributed by atoms with Gasteiger partial charge in [0.2, 0.25) is 0 Å². The number of para-hydroxylation sites is 1. The molecule has 0 unspecified atom stereocenters. The number of thiocarbonyl (C=S) groups is 1. The number of anilines is 1. The Morgan fingerprint density at radius 2 is 1.81 bits per heavy atom. The van der Waals surface area contributed by atoms with Crippen LogP contribution >= 0.6 is 24.0 Å². The van der Waals surface area contributed by atoms with E-state index in [-0.39, 0.29) is 5.91 Å². The Morgan fingerprint density at radius 3 is 2.52 bits per heavy atom. The number of methoxy groups -OCH3 is 1. The van der Waals surface area contributed by atoms with E-state index in [0.717, 1.165) is 33.6 Å². The average molecular weight is 395 g/mol. The number of aromatic nitrogens is 1. The molecule has 0 N–H and O–H groups in total. The highest BCUT2D eigenvalue weighted by atomic mass is 32.2. The number of fused-ring (bicyclic) bond motifs is 1. The summed E-state index contributed by atoms with van der Waals surface area (Å²) in [6.45, 7) is 2.07. The number of rotatable bonds is 3. The maximum Gasteiger partial charge on any atom is 0.270 e. The van der Waals surface area contributed by atoms with E-state index in [1.54, 1.807) is 12.0 Å². The van der Waals surface area contributed by atoms with Crippen LogP contribution in [-0.2, 0) is 11.8 Å². The average Bonchev–Trinajstić information content (AvgIpc) is 3.10. The largest absolute Gasteiger partial charge is 0.497 e. The van der Waals surface area contributed by atoms with Gasteiger partial charge in [0.05, 0.1) is 17.7 Å². The third kappa shape index (κ3) is 2.95. The van der Waals surface area contributed by atoms with Gasteiger partial charge in [-0.15, -0.1) is 0 Å². The Morgan fingerprint density at radius 1 is 1.11 bits per heavy atom. The number of aryl methyl sites for hydroxylation is 1. The van der Waals surface area contributed by atoms with E-state index in [9.17, 15) is 4.79 Å². The van der Waals surface area contributed by atoms with Gasteiger partial charge in [-0.3, -0.25) is 9.69 Å². The minimum absolute atomic E-state index is 0.0949. The topological polar surface area (TPSA) is 34.5 Å². The second-order valence-electron chi connectivity index (χ2n) is 6.29. The monoisotopic (exact) mass is 394 g/mol. The van der Waals surface area contributed by atoms with Crippen molar-refractivity contribution in [2.24, 2.45) is 7.05 Å². The van der Waals surface area contributed by atoms with Crippen molar-refractivity contribution in [2.45, 2.75) is 6.92 Å². The molecule has 0 atom stereocenters. The summed E-state index contributed by atoms with van der Waals surface area (Å²) >= 11 is 6.82. The second-order valence-corrected chi connectivity index (χ2v) is 7.97. The van der Waals surface area contributed by atoms with Crippen LogP contribution in [0.25, 0.3) is 17.0 Å². The lowest BCUT2D eigenvalue weighted by Gasteiger charge is -2.14. The molecule has 4 nitrogen and oxygen atoms in total. The van der Waals surface area contributed by atoms with Gasteiger partial charge in [0, 0.05) is 29.2 Å². The Labute approximate surface area is 167 Å². The molecule has 3 aromatic rings. The summed E-state index contributed by atoms with van der Waals surface area (Å²) in [4.78, 5) is 15.3. The molecule has 136 valence electrons. The molecule has 0 radical (unpaired) electrons. The van der Waals surface area contributed by atoms with Crippen molar-refractivity contribution in [3.05, 3.63) is 64.7 Å². The maximum atomic E-state index is 13.0. The van der Waals surface area contributed by atoms with E-state index in [4.69, 9.17) is 17.0 Å². The second kappa shape index (κ2) is 6.87. The molecule has 6 heteroatoms. The third-order valence-corrected chi connectivity index (χ3v) is 6.15. The van der Waals surface area contributed by atoms with Gasteiger partial charge in [0.25, 0.3) is 5.91 Å². The first-order valence-corrected chi connectivity index (χ1v) is 9.69. The standard InChI is InChI=1S/C21H18N2O2S2/c1-13-17(16-6-4-5-7-18(16)22(13)2)12-19-20(24)23(21(26)27-19)14-8-10-15(25-3)11-9-14/h4-12H,1-3H3/b19-12+. The summed E-state index contributed by atoms with van der Waals surface area (Å²) in [5.74, 6) is 0.647. The highest BCUT2D eigenvalue weighted by Crippen LogP contribution is 2.38. The zero-order chi connectivity index (χ0) is 19.1. The molecule has 2 aromatic carbocycles. The van der Waals surface area contributed by atoms with Gasteiger partial charge in [-0.05, 0) is 43.3 Å². The molecule has 1 aliphatic heterocycles. The minimum atomic E-state index is -0.0949. The molecule has 1 aromatic heterocycles. The van der Waals surface area contributed by atoms with Crippen molar-refractivity contribution < 1.29 is 9.53 Å². The zero-order valence-electron chi connectivity index (χ0n) is 15.2. The SMILES string of the molecule is COc1ccc(N2C(=O)/C(=C\c3c(C)n(C)c4ccccc34)SC2=S)cc1. The first kappa shape index (κ1) is 17.8. The highest BCUT2D eigenvalue weighted by Gasteiger charge is 2.33. The van der Waals surface area contributed by atoms with Crippen molar-refractivity contribution in [1.29, 1.82) is 0 Å². The molecule has 4 rings (SSSR count). The highest BCUT2D eigenvalue weighted by molar-refractivity contribution is 8.27. The molecule has 0 bridgehead atoms. The lowest BCUT2D eigenvalue weighted by Crippen LogP contribution is -2.27. The van der Waals surface area contributed by atoms with Crippen LogP contribution < -0.4 is 9.64 Å². The Bertz CT molecular complexity index is 1100. The zero-order valence-corrected chi connectivity index (χ0v) is 16.9. The number of nitrogens with zero attached hydrogens (tertiary/aromatic N) is 2. The number of carbonyl (C=O) groups is 1. The maximum absolute atomic E-state index is 13.0. The van der Waals surface area contributed by atoms with Gasteiger partial charge >= 0.3 is 0 Å². The Balaban J connectivity index is 1.75. The molecule has 0 aliphatic carbocycles. The van der Waals surface area contributed by atoms with Crippen molar-refractivity contribution in [3.63, 3.8) is 0 Å². The molecule has 0 saturated carbocycles. The first-order valence-electron chi connectivity index (χ1n) is 8.47. The fraction of sp³-hybridized carbons (Fsp3) is 0.143. The van der Waals surface area contributed by atoms with Gasteiger partial charge in [-0.25, -0.2) is 0 Å². The molecule has 1 aliphatic rings. The van der Waals surface area contributed by atoms with Crippen LogP contribution in [0.2, 0.25) is 0 Å².